The summed E-state index contributed by atoms with van der Waals surface area (Å²) in [6.07, 6.45) is 5.84. The van der Waals surface area contributed by atoms with E-state index in [2.05, 4.69) is 53.5 Å². The van der Waals surface area contributed by atoms with Crippen LogP contribution in [0.5, 0.6) is 11.5 Å². The zero-order chi connectivity index (χ0) is 41.9. The van der Waals surface area contributed by atoms with E-state index in [4.69, 9.17) is 21.1 Å². The third kappa shape index (κ3) is 12.2. The summed E-state index contributed by atoms with van der Waals surface area (Å²) in [5, 5.41) is 23.7. The Morgan fingerprint density at radius 2 is 1.74 bits per heavy atom. The summed E-state index contributed by atoms with van der Waals surface area (Å²) in [7, 11) is 1.48. The third-order valence-electron chi connectivity index (χ3n) is 10.1. The number of ketones is 1. The number of benzene rings is 3. The number of nitriles is 1. The predicted octanol–water partition coefficient (Wildman–Crippen LogP) is 8.58. The van der Waals surface area contributed by atoms with Gasteiger partial charge in [-0.05, 0) is 116 Å². The summed E-state index contributed by atoms with van der Waals surface area (Å²) >= 11 is 6.72. The number of rotatable bonds is 17. The van der Waals surface area contributed by atoms with Crippen LogP contribution in [0.1, 0.15) is 101 Å². The minimum absolute atomic E-state index is 0.00459. The molecule has 1 saturated heterocycles. The molecule has 0 aromatic heterocycles. The minimum atomic E-state index is -0.518. The fourth-order valence-electron chi connectivity index (χ4n) is 6.54. The molecule has 3 aromatic carbocycles. The van der Waals surface area contributed by atoms with Crippen LogP contribution in [0, 0.1) is 17.2 Å². The van der Waals surface area contributed by atoms with Crippen LogP contribution in [0.2, 0.25) is 5.02 Å². The number of piperidine rings is 1. The molecule has 1 aliphatic rings. The van der Waals surface area contributed by atoms with Gasteiger partial charge in [-0.15, -0.1) is 5.17 Å². The molecule has 0 radical (unpaired) electrons. The van der Waals surface area contributed by atoms with Crippen molar-refractivity contribution < 1.29 is 24.3 Å². The average molecular weight is 797 g/mol. The second-order valence-electron chi connectivity index (χ2n) is 15.5. The highest BCUT2D eigenvalue weighted by Gasteiger charge is 2.27. The molecule has 0 saturated carbocycles. The maximum absolute atomic E-state index is 13.0. The Labute approximate surface area is 342 Å². The Morgan fingerprint density at radius 1 is 1.05 bits per heavy atom. The van der Waals surface area contributed by atoms with E-state index in [0.29, 0.717) is 18.2 Å². The van der Waals surface area contributed by atoms with Gasteiger partial charge < -0.3 is 19.7 Å². The summed E-state index contributed by atoms with van der Waals surface area (Å²) in [5.41, 5.74) is 9.12. The molecule has 3 aromatic rings. The molecule has 11 nitrogen and oxygen atoms in total. The van der Waals surface area contributed by atoms with Crippen LogP contribution in [0.3, 0.4) is 0 Å². The van der Waals surface area contributed by atoms with Gasteiger partial charge in [-0.3, -0.25) is 20.2 Å². The Bertz CT molecular complexity index is 2020. The number of aryl methyl sites for hydroxylation is 1. The summed E-state index contributed by atoms with van der Waals surface area (Å²) in [6, 6.07) is 19.6. The molecule has 0 aliphatic carbocycles. The molecule has 1 fully saturated rings. The Hall–Kier alpha value is -5.15. The Balaban J connectivity index is 1.31. The fraction of sp³-hybridized carbons (Fsp3) is 0.422. The molecule has 1 aliphatic heterocycles. The van der Waals surface area contributed by atoms with E-state index in [9.17, 15) is 20.1 Å². The van der Waals surface area contributed by atoms with Gasteiger partial charge in [-0.25, -0.2) is 4.99 Å². The van der Waals surface area contributed by atoms with Crippen molar-refractivity contribution in [3.05, 3.63) is 110 Å². The SMILES string of the molecule is CCc1cc(N2CCC(NC(=O)COc3c(Cl)cc(C(C)(C)c4ccc(OC/C(C)=C/C=N\C(NN(C)O)=C(C)C)cc4)cc3C#N)CC2)ccc1C(=O)C(C)C. The van der Waals surface area contributed by atoms with Crippen LogP contribution >= 0.6 is 11.6 Å². The van der Waals surface area contributed by atoms with Crippen LogP contribution in [-0.2, 0) is 16.6 Å². The summed E-state index contributed by atoms with van der Waals surface area (Å²) in [6.45, 7) is 17.4. The Kier molecular flexibility index (Phi) is 15.9. The first kappa shape index (κ1) is 44.6. The van der Waals surface area contributed by atoms with Gasteiger partial charge in [-0.2, -0.15) is 5.26 Å². The topological polar surface area (TPSA) is 140 Å². The molecule has 0 unspecified atom stereocenters. The van der Waals surface area contributed by atoms with E-state index < -0.39 is 5.41 Å². The molecular formula is C45H57ClN6O5. The van der Waals surface area contributed by atoms with Crippen LogP contribution in [-0.4, -0.2) is 67.7 Å². The zero-order valence-electron chi connectivity index (χ0n) is 34.7. The summed E-state index contributed by atoms with van der Waals surface area (Å²) in [4.78, 5) is 32.3. The molecule has 1 amide bonds. The number of halogens is 1. The minimum Gasteiger partial charge on any atom is -0.489 e. The van der Waals surface area contributed by atoms with E-state index in [0.717, 1.165) is 76.6 Å². The number of hydroxylamine groups is 1. The van der Waals surface area contributed by atoms with E-state index in [1.807, 2.05) is 77.1 Å². The quantitative estimate of drug-likeness (QED) is 0.0697. The first-order chi connectivity index (χ1) is 27.0. The lowest BCUT2D eigenvalue weighted by Gasteiger charge is -2.34. The highest BCUT2D eigenvalue weighted by Crippen LogP contribution is 2.38. The largest absolute Gasteiger partial charge is 0.489 e. The van der Waals surface area contributed by atoms with Gasteiger partial charge in [0.15, 0.2) is 18.1 Å². The second-order valence-corrected chi connectivity index (χ2v) is 15.9. The fourth-order valence-corrected chi connectivity index (χ4v) is 6.81. The monoisotopic (exact) mass is 796 g/mol. The van der Waals surface area contributed by atoms with Gasteiger partial charge in [0.05, 0.1) is 10.6 Å². The number of hydrazine groups is 1. The van der Waals surface area contributed by atoms with E-state index in [1.165, 1.54) is 7.05 Å². The number of nitrogens with one attached hydrogen (secondary N) is 2. The summed E-state index contributed by atoms with van der Waals surface area (Å²) in [5.74, 6) is 1.28. The van der Waals surface area contributed by atoms with Crippen LogP contribution in [0.25, 0.3) is 0 Å². The number of carbonyl (C=O) groups is 2. The van der Waals surface area contributed by atoms with Crippen molar-refractivity contribution >= 4 is 35.2 Å². The molecule has 0 bridgehead atoms. The van der Waals surface area contributed by atoms with Gasteiger partial charge >= 0.3 is 0 Å². The number of amides is 1. The molecule has 3 N–H and O–H groups in total. The molecule has 0 atom stereocenters. The number of nitrogens with zero attached hydrogens (tertiary/aromatic N) is 4. The van der Waals surface area contributed by atoms with Crippen molar-refractivity contribution in [2.24, 2.45) is 10.9 Å². The first-order valence-corrected chi connectivity index (χ1v) is 19.8. The number of ether oxygens (including phenoxy) is 2. The third-order valence-corrected chi connectivity index (χ3v) is 10.3. The smallest absolute Gasteiger partial charge is 0.258 e. The Morgan fingerprint density at radius 3 is 2.33 bits per heavy atom. The first-order valence-electron chi connectivity index (χ1n) is 19.4. The number of allylic oxidation sites excluding steroid dienone is 2. The maximum atomic E-state index is 13.0. The van der Waals surface area contributed by atoms with E-state index >= 15 is 0 Å². The van der Waals surface area contributed by atoms with Gasteiger partial charge in [-0.1, -0.05) is 58.4 Å². The number of hydrogen-bond donors (Lipinski definition) is 3. The molecule has 304 valence electrons. The predicted molar refractivity (Wildman–Crippen MR) is 227 cm³/mol. The molecule has 12 heteroatoms. The maximum Gasteiger partial charge on any atom is 0.258 e. The van der Waals surface area contributed by atoms with Crippen molar-refractivity contribution in [3.8, 4) is 17.6 Å². The number of anilines is 1. The van der Waals surface area contributed by atoms with Crippen LogP contribution in [0.4, 0.5) is 5.69 Å². The average Bonchev–Trinajstić information content (AvgIpc) is 3.18. The van der Waals surface area contributed by atoms with Gasteiger partial charge in [0, 0.05) is 55.0 Å². The highest BCUT2D eigenvalue weighted by atomic mass is 35.5. The molecule has 57 heavy (non-hydrogen) atoms. The lowest BCUT2D eigenvalue weighted by atomic mass is 9.77. The number of Topliss-reactive ketones (excluding diaryl/α,β-unsaturated/α-hetero) is 1. The van der Waals surface area contributed by atoms with E-state index in [1.54, 1.807) is 18.3 Å². The van der Waals surface area contributed by atoms with Crippen molar-refractivity contribution in [1.82, 2.24) is 15.9 Å². The molecule has 4 rings (SSSR count). The van der Waals surface area contributed by atoms with Crippen molar-refractivity contribution in [1.29, 1.82) is 5.26 Å². The number of aliphatic imine (C=N–C) groups is 1. The standard InChI is InChI=1S/C45H57ClN6O5/c1-10-32-24-37(13-16-39(32)42(54)29(2)3)52-21-18-36(19-22-52)49-41(53)28-57-43-33(26-47)23-35(25-40(43)46)45(7,8)34-11-14-38(15-12-34)56-27-31(6)17-20-48-44(30(4)5)50-51(9)55/h11-17,20,23-25,29,36,50,55H,10,18-19,21-22,27-28H2,1-9H3,(H,49,53)/b31-17+,48-20-. The van der Waals surface area contributed by atoms with Gasteiger partial charge in [0.25, 0.3) is 5.91 Å². The number of carbonyl (C=O) groups excluding carboxylic acids is 2. The van der Waals surface area contributed by atoms with Crippen LogP contribution in [0.15, 0.2) is 82.6 Å². The molecule has 0 spiro atoms. The molecule has 1 heterocycles. The molecular weight excluding hydrogens is 740 g/mol. The van der Waals surface area contributed by atoms with Crippen LogP contribution < -0.4 is 25.1 Å². The lowest BCUT2D eigenvalue weighted by Crippen LogP contribution is -2.46. The second kappa shape index (κ2) is 20.3. The summed E-state index contributed by atoms with van der Waals surface area (Å²) < 4.78 is 11.9. The van der Waals surface area contributed by atoms with Crippen molar-refractivity contribution in [2.45, 2.75) is 86.1 Å². The van der Waals surface area contributed by atoms with E-state index in [-0.39, 0.29) is 46.6 Å². The van der Waals surface area contributed by atoms with Crippen molar-refractivity contribution in [3.63, 3.8) is 0 Å². The number of hydrogen-bond acceptors (Lipinski definition) is 10. The lowest BCUT2D eigenvalue weighted by molar-refractivity contribution is -0.123. The zero-order valence-corrected chi connectivity index (χ0v) is 35.5. The highest BCUT2D eigenvalue weighted by molar-refractivity contribution is 6.32. The van der Waals surface area contributed by atoms with Gasteiger partial charge in [0.2, 0.25) is 0 Å². The van der Waals surface area contributed by atoms with Gasteiger partial charge in [0.1, 0.15) is 24.2 Å². The normalized spacial score (nSPS) is 13.8. The van der Waals surface area contributed by atoms with Crippen molar-refractivity contribution in [2.75, 3.05) is 38.3 Å².